The van der Waals surface area contributed by atoms with Crippen molar-refractivity contribution in [1.82, 2.24) is 0 Å². The van der Waals surface area contributed by atoms with E-state index in [2.05, 4.69) is 5.32 Å². The van der Waals surface area contributed by atoms with Gasteiger partial charge in [-0.2, -0.15) is 0 Å². The summed E-state index contributed by atoms with van der Waals surface area (Å²) < 4.78 is 0. The third-order valence-corrected chi connectivity index (χ3v) is 4.27. The largest absolute Gasteiger partial charge is 0.321 e. The van der Waals surface area contributed by atoms with E-state index < -0.39 is 0 Å². The lowest BCUT2D eigenvalue weighted by Gasteiger charge is -2.28. The molecule has 0 spiro atoms. The number of nitrogens with zero attached hydrogens (tertiary/aromatic N) is 1. The molecule has 0 atom stereocenters. The molecule has 3 aromatic carbocycles. The maximum absolute atomic E-state index is 13.2. The second kappa shape index (κ2) is 6.24. The molecule has 1 aliphatic heterocycles. The molecule has 4 nitrogen and oxygen atoms in total. The van der Waals surface area contributed by atoms with Gasteiger partial charge in [-0.05, 0) is 29.8 Å². The van der Waals surface area contributed by atoms with Gasteiger partial charge in [0.1, 0.15) is 0 Å². The molecule has 0 saturated carbocycles. The van der Waals surface area contributed by atoms with Gasteiger partial charge < -0.3 is 10.2 Å². The number of carbonyl (C=O) groups is 2. The van der Waals surface area contributed by atoms with Crippen molar-refractivity contribution in [2.24, 2.45) is 0 Å². The van der Waals surface area contributed by atoms with E-state index in [0.717, 1.165) is 5.56 Å². The van der Waals surface area contributed by atoms with E-state index in [1.54, 1.807) is 41.3 Å². The molecule has 0 aromatic heterocycles. The highest BCUT2D eigenvalue weighted by Gasteiger charge is 2.28. The average molecular weight is 328 g/mol. The Hall–Kier alpha value is -3.40. The topological polar surface area (TPSA) is 49.4 Å². The minimum Gasteiger partial charge on any atom is -0.321 e. The Bertz CT molecular complexity index is 951. The van der Waals surface area contributed by atoms with Gasteiger partial charge in [-0.3, -0.25) is 9.59 Å². The normalized spacial score (nSPS) is 13.4. The molecule has 1 N–H and O–H groups in total. The minimum absolute atomic E-state index is 0.132. The van der Waals surface area contributed by atoms with Crippen molar-refractivity contribution in [3.8, 4) is 0 Å². The molecule has 0 fully saturated rings. The Morgan fingerprint density at radius 2 is 1.36 bits per heavy atom. The SMILES string of the molecule is O=C1Nc2ccccc2C(=O)N(Cc2ccccc2)c2ccccc21. The van der Waals surface area contributed by atoms with E-state index in [-0.39, 0.29) is 11.8 Å². The first-order chi connectivity index (χ1) is 12.2. The fourth-order valence-electron chi connectivity index (χ4n) is 3.05. The number of anilines is 2. The molecule has 0 bridgehead atoms. The van der Waals surface area contributed by atoms with Crippen LogP contribution in [0.25, 0.3) is 0 Å². The zero-order chi connectivity index (χ0) is 17.2. The highest BCUT2D eigenvalue weighted by atomic mass is 16.2. The molecular weight excluding hydrogens is 312 g/mol. The van der Waals surface area contributed by atoms with Crippen molar-refractivity contribution in [3.63, 3.8) is 0 Å². The van der Waals surface area contributed by atoms with Gasteiger partial charge in [0.2, 0.25) is 0 Å². The van der Waals surface area contributed by atoms with Gasteiger partial charge in [-0.1, -0.05) is 54.6 Å². The second-order valence-corrected chi connectivity index (χ2v) is 5.89. The molecule has 4 rings (SSSR count). The molecule has 122 valence electrons. The average Bonchev–Trinajstić information content (AvgIpc) is 2.66. The molecule has 0 saturated heterocycles. The zero-order valence-electron chi connectivity index (χ0n) is 13.5. The zero-order valence-corrected chi connectivity index (χ0v) is 13.5. The summed E-state index contributed by atoms with van der Waals surface area (Å²) in [6.45, 7) is 0.401. The van der Waals surface area contributed by atoms with Crippen molar-refractivity contribution in [1.29, 1.82) is 0 Å². The summed E-state index contributed by atoms with van der Waals surface area (Å²) in [6, 6.07) is 24.1. The van der Waals surface area contributed by atoms with Gasteiger partial charge in [0.25, 0.3) is 11.8 Å². The maximum Gasteiger partial charge on any atom is 0.260 e. The summed E-state index contributed by atoms with van der Waals surface area (Å²) in [5.41, 5.74) is 3.13. The standard InChI is InChI=1S/C21H16N2O2/c24-20-17-11-5-7-13-19(17)23(14-15-8-2-1-3-9-15)21(25)16-10-4-6-12-18(16)22-20/h1-13H,14H2,(H,22,24). The van der Waals surface area contributed by atoms with Crippen molar-refractivity contribution in [2.45, 2.75) is 6.54 Å². The minimum atomic E-state index is -0.214. The number of fused-ring (bicyclic) bond motifs is 2. The van der Waals surface area contributed by atoms with Crippen LogP contribution in [0.15, 0.2) is 78.9 Å². The van der Waals surface area contributed by atoms with Crippen LogP contribution >= 0.6 is 0 Å². The van der Waals surface area contributed by atoms with Gasteiger partial charge in [-0.25, -0.2) is 0 Å². The number of para-hydroxylation sites is 2. The Labute approximate surface area is 145 Å². The van der Waals surface area contributed by atoms with Crippen LogP contribution in [0, 0.1) is 0 Å². The van der Waals surface area contributed by atoms with Crippen LogP contribution in [0.2, 0.25) is 0 Å². The van der Waals surface area contributed by atoms with Crippen LogP contribution in [0.4, 0.5) is 11.4 Å². The number of nitrogens with one attached hydrogen (secondary N) is 1. The Morgan fingerprint density at radius 1 is 0.720 bits per heavy atom. The lowest BCUT2D eigenvalue weighted by Crippen LogP contribution is -2.35. The molecule has 3 aromatic rings. The summed E-state index contributed by atoms with van der Waals surface area (Å²) in [6.07, 6.45) is 0. The number of amides is 2. The third-order valence-electron chi connectivity index (χ3n) is 4.27. The number of carbonyl (C=O) groups excluding carboxylic acids is 2. The summed E-state index contributed by atoms with van der Waals surface area (Å²) in [5, 5.41) is 2.85. The van der Waals surface area contributed by atoms with Gasteiger partial charge in [0.05, 0.1) is 29.0 Å². The number of rotatable bonds is 2. The van der Waals surface area contributed by atoms with E-state index in [0.29, 0.717) is 29.0 Å². The highest BCUT2D eigenvalue weighted by molar-refractivity contribution is 6.19. The van der Waals surface area contributed by atoms with Gasteiger partial charge in [0, 0.05) is 0 Å². The summed E-state index contributed by atoms with van der Waals surface area (Å²) >= 11 is 0. The first-order valence-electron chi connectivity index (χ1n) is 8.09. The molecule has 2 amide bonds. The van der Waals surface area contributed by atoms with Crippen molar-refractivity contribution >= 4 is 23.2 Å². The molecule has 4 heteroatoms. The van der Waals surface area contributed by atoms with Crippen LogP contribution in [0.1, 0.15) is 26.3 Å². The van der Waals surface area contributed by atoms with E-state index in [1.165, 1.54) is 0 Å². The first kappa shape index (κ1) is 15.1. The maximum atomic E-state index is 13.2. The Balaban J connectivity index is 1.87. The number of hydrogen-bond acceptors (Lipinski definition) is 2. The monoisotopic (exact) mass is 328 g/mol. The summed E-state index contributed by atoms with van der Waals surface area (Å²) in [5.74, 6) is -0.347. The molecule has 0 radical (unpaired) electrons. The molecule has 0 aliphatic carbocycles. The fourth-order valence-corrected chi connectivity index (χ4v) is 3.05. The van der Waals surface area contributed by atoms with E-state index in [9.17, 15) is 9.59 Å². The summed E-state index contributed by atoms with van der Waals surface area (Å²) in [7, 11) is 0. The van der Waals surface area contributed by atoms with Crippen molar-refractivity contribution < 1.29 is 9.59 Å². The molecule has 1 heterocycles. The second-order valence-electron chi connectivity index (χ2n) is 5.89. The Kier molecular flexibility index (Phi) is 3.78. The van der Waals surface area contributed by atoms with Crippen LogP contribution in [-0.2, 0) is 6.54 Å². The van der Waals surface area contributed by atoms with E-state index in [4.69, 9.17) is 0 Å². The molecule has 1 aliphatic rings. The lowest BCUT2D eigenvalue weighted by atomic mass is 10.0. The number of benzene rings is 3. The highest BCUT2D eigenvalue weighted by Crippen LogP contribution is 2.30. The van der Waals surface area contributed by atoms with Gasteiger partial charge in [0.15, 0.2) is 0 Å². The van der Waals surface area contributed by atoms with Crippen LogP contribution in [0.5, 0.6) is 0 Å². The molecule has 0 unspecified atom stereocenters. The summed E-state index contributed by atoms with van der Waals surface area (Å²) in [4.78, 5) is 27.6. The van der Waals surface area contributed by atoms with Crippen molar-refractivity contribution in [3.05, 3.63) is 95.6 Å². The lowest BCUT2D eigenvalue weighted by molar-refractivity contribution is 0.0983. The van der Waals surface area contributed by atoms with E-state index in [1.807, 2.05) is 42.5 Å². The van der Waals surface area contributed by atoms with E-state index >= 15 is 0 Å². The third kappa shape index (κ3) is 2.78. The van der Waals surface area contributed by atoms with Crippen LogP contribution < -0.4 is 10.2 Å². The number of hydrogen-bond donors (Lipinski definition) is 1. The van der Waals surface area contributed by atoms with Gasteiger partial charge in [-0.15, -0.1) is 0 Å². The predicted octanol–water partition coefficient (Wildman–Crippen LogP) is 4.10. The van der Waals surface area contributed by atoms with Gasteiger partial charge >= 0.3 is 0 Å². The van der Waals surface area contributed by atoms with Crippen molar-refractivity contribution in [2.75, 3.05) is 10.2 Å². The predicted molar refractivity (Wildman–Crippen MR) is 97.8 cm³/mol. The van der Waals surface area contributed by atoms with Crippen LogP contribution in [0.3, 0.4) is 0 Å². The first-order valence-corrected chi connectivity index (χ1v) is 8.09. The smallest absolute Gasteiger partial charge is 0.260 e. The quantitative estimate of drug-likeness (QED) is 0.770. The molecular formula is C21H16N2O2. The molecule has 25 heavy (non-hydrogen) atoms. The fraction of sp³-hybridized carbons (Fsp3) is 0.0476. The van der Waals surface area contributed by atoms with Crippen LogP contribution in [-0.4, -0.2) is 11.8 Å². The Morgan fingerprint density at radius 3 is 2.16 bits per heavy atom.